The Morgan fingerprint density at radius 3 is 2.95 bits per heavy atom. The minimum atomic E-state index is -0.871. The molecular formula is C15H14N2O3. The van der Waals surface area contributed by atoms with Gasteiger partial charge in [-0.1, -0.05) is 18.2 Å². The number of hydrogen-bond donors (Lipinski definition) is 1. The van der Waals surface area contributed by atoms with E-state index in [9.17, 15) is 4.79 Å². The molecule has 5 nitrogen and oxygen atoms in total. The molecule has 0 unspecified atom stereocenters. The van der Waals surface area contributed by atoms with Crippen LogP contribution in [0.2, 0.25) is 0 Å². The van der Waals surface area contributed by atoms with Crippen molar-refractivity contribution in [1.29, 1.82) is 0 Å². The van der Waals surface area contributed by atoms with E-state index in [0.717, 1.165) is 11.3 Å². The number of carboxylic acid groups (broad SMARTS) is 1. The molecule has 0 radical (unpaired) electrons. The summed E-state index contributed by atoms with van der Waals surface area (Å²) < 4.78 is 5.37. The Kier molecular flexibility index (Phi) is 4.83. The summed E-state index contributed by atoms with van der Waals surface area (Å²) in [7, 11) is 0. The molecule has 0 saturated carbocycles. The highest BCUT2D eigenvalue weighted by Gasteiger charge is 1.99. The number of rotatable bonds is 6. The quantitative estimate of drug-likeness (QED) is 0.873. The van der Waals surface area contributed by atoms with Crippen molar-refractivity contribution >= 4 is 18.1 Å². The Morgan fingerprint density at radius 1 is 1.30 bits per heavy atom. The van der Waals surface area contributed by atoms with E-state index in [4.69, 9.17) is 9.84 Å². The summed E-state index contributed by atoms with van der Waals surface area (Å²) in [4.78, 5) is 18.4. The van der Waals surface area contributed by atoms with Crippen LogP contribution in [0.15, 0.2) is 42.9 Å². The zero-order valence-electron chi connectivity index (χ0n) is 10.8. The van der Waals surface area contributed by atoms with E-state index in [2.05, 4.69) is 9.97 Å². The lowest BCUT2D eigenvalue weighted by Crippen LogP contribution is -2.04. The smallest absolute Gasteiger partial charge is 0.306 e. The number of aliphatic carboxylic acids is 1. The molecular weight excluding hydrogens is 256 g/mol. The van der Waals surface area contributed by atoms with Gasteiger partial charge in [0.2, 0.25) is 0 Å². The summed E-state index contributed by atoms with van der Waals surface area (Å²) in [5, 5.41) is 8.55. The first kappa shape index (κ1) is 13.7. The van der Waals surface area contributed by atoms with Crippen LogP contribution in [0.4, 0.5) is 0 Å². The topological polar surface area (TPSA) is 72.3 Å². The second-order valence-corrected chi connectivity index (χ2v) is 4.03. The molecule has 1 heterocycles. The second kappa shape index (κ2) is 7.04. The molecule has 1 N–H and O–H groups in total. The van der Waals surface area contributed by atoms with Crippen molar-refractivity contribution in [3.8, 4) is 5.75 Å². The number of aromatic nitrogens is 2. The number of benzene rings is 1. The van der Waals surface area contributed by atoms with Gasteiger partial charge in [0.1, 0.15) is 12.1 Å². The van der Waals surface area contributed by atoms with Gasteiger partial charge in [0.05, 0.1) is 18.7 Å². The van der Waals surface area contributed by atoms with Crippen molar-refractivity contribution in [2.24, 2.45) is 0 Å². The fourth-order valence-corrected chi connectivity index (χ4v) is 1.55. The Morgan fingerprint density at radius 2 is 2.20 bits per heavy atom. The van der Waals surface area contributed by atoms with Gasteiger partial charge in [0.15, 0.2) is 0 Å². The third kappa shape index (κ3) is 4.53. The average molecular weight is 270 g/mol. The van der Waals surface area contributed by atoms with Crippen molar-refractivity contribution in [2.45, 2.75) is 6.42 Å². The summed E-state index contributed by atoms with van der Waals surface area (Å²) in [6.45, 7) is 0.161. The van der Waals surface area contributed by atoms with Gasteiger partial charge in [-0.25, -0.2) is 9.97 Å². The zero-order valence-corrected chi connectivity index (χ0v) is 10.8. The molecule has 0 atom stereocenters. The van der Waals surface area contributed by atoms with E-state index in [1.165, 1.54) is 6.33 Å². The molecule has 0 aliphatic carbocycles. The second-order valence-electron chi connectivity index (χ2n) is 4.03. The van der Waals surface area contributed by atoms with E-state index in [1.807, 2.05) is 36.4 Å². The maximum atomic E-state index is 10.4. The van der Waals surface area contributed by atoms with Gasteiger partial charge in [-0.2, -0.15) is 0 Å². The highest BCUT2D eigenvalue weighted by atomic mass is 16.5. The molecule has 2 rings (SSSR count). The lowest BCUT2D eigenvalue weighted by molar-refractivity contribution is -0.137. The van der Waals surface area contributed by atoms with E-state index >= 15 is 0 Å². The molecule has 1 aromatic carbocycles. The monoisotopic (exact) mass is 270 g/mol. The van der Waals surface area contributed by atoms with Crippen LogP contribution in [0.5, 0.6) is 5.75 Å². The molecule has 0 saturated heterocycles. The number of carboxylic acids is 1. The molecule has 0 amide bonds. The van der Waals surface area contributed by atoms with E-state index in [-0.39, 0.29) is 13.0 Å². The summed E-state index contributed by atoms with van der Waals surface area (Å²) in [5.74, 6) is -0.221. The summed E-state index contributed by atoms with van der Waals surface area (Å²) in [5.41, 5.74) is 1.77. The van der Waals surface area contributed by atoms with Crippen LogP contribution in [0.3, 0.4) is 0 Å². The van der Waals surface area contributed by atoms with Crippen LogP contribution in [0.25, 0.3) is 12.2 Å². The van der Waals surface area contributed by atoms with Gasteiger partial charge in [0, 0.05) is 6.20 Å². The number of ether oxygens (including phenoxy) is 1. The normalized spacial score (nSPS) is 10.6. The van der Waals surface area contributed by atoms with Crippen LogP contribution in [0, 0.1) is 0 Å². The van der Waals surface area contributed by atoms with E-state index in [0.29, 0.717) is 5.75 Å². The van der Waals surface area contributed by atoms with Crippen molar-refractivity contribution < 1.29 is 14.6 Å². The highest BCUT2D eigenvalue weighted by molar-refractivity contribution is 5.68. The van der Waals surface area contributed by atoms with Crippen LogP contribution < -0.4 is 4.74 Å². The van der Waals surface area contributed by atoms with Gasteiger partial charge >= 0.3 is 5.97 Å². The van der Waals surface area contributed by atoms with Crippen molar-refractivity contribution in [1.82, 2.24) is 9.97 Å². The molecule has 2 aromatic rings. The minimum absolute atomic E-state index is 0.0129. The number of hydrogen-bond acceptors (Lipinski definition) is 4. The first-order chi connectivity index (χ1) is 9.74. The van der Waals surface area contributed by atoms with Crippen molar-refractivity contribution in [3.05, 3.63) is 54.1 Å². The van der Waals surface area contributed by atoms with Crippen LogP contribution in [-0.2, 0) is 4.79 Å². The van der Waals surface area contributed by atoms with Crippen LogP contribution >= 0.6 is 0 Å². The van der Waals surface area contributed by atoms with Gasteiger partial charge in [-0.05, 0) is 29.8 Å². The Balaban J connectivity index is 1.99. The molecule has 0 aliphatic rings. The molecule has 102 valence electrons. The standard InChI is InChI=1S/C15H14N2O3/c18-15(19)7-9-20-14-3-1-2-12(10-14)4-5-13-6-8-16-11-17-13/h1-6,8,10-11H,7,9H2,(H,18,19)/b5-4+. The third-order valence-electron chi connectivity index (χ3n) is 2.49. The predicted octanol–water partition coefficient (Wildman–Crippen LogP) is 2.50. The van der Waals surface area contributed by atoms with Gasteiger partial charge in [0.25, 0.3) is 0 Å². The molecule has 0 spiro atoms. The van der Waals surface area contributed by atoms with Crippen molar-refractivity contribution in [3.63, 3.8) is 0 Å². The average Bonchev–Trinajstić information content (AvgIpc) is 2.46. The Bertz CT molecular complexity index is 597. The van der Waals surface area contributed by atoms with Gasteiger partial charge in [-0.3, -0.25) is 4.79 Å². The molecule has 20 heavy (non-hydrogen) atoms. The fourth-order valence-electron chi connectivity index (χ4n) is 1.55. The summed E-state index contributed by atoms with van der Waals surface area (Å²) in [6, 6.07) is 9.24. The first-order valence-corrected chi connectivity index (χ1v) is 6.13. The van der Waals surface area contributed by atoms with E-state index < -0.39 is 5.97 Å². The van der Waals surface area contributed by atoms with Crippen LogP contribution in [0.1, 0.15) is 17.7 Å². The number of nitrogens with zero attached hydrogens (tertiary/aromatic N) is 2. The molecule has 5 heteroatoms. The SMILES string of the molecule is O=C(O)CCOc1cccc(/C=C/c2ccncn2)c1. The van der Waals surface area contributed by atoms with E-state index in [1.54, 1.807) is 12.3 Å². The molecule has 0 aliphatic heterocycles. The third-order valence-corrected chi connectivity index (χ3v) is 2.49. The van der Waals surface area contributed by atoms with Crippen molar-refractivity contribution in [2.75, 3.05) is 6.61 Å². The lowest BCUT2D eigenvalue weighted by Gasteiger charge is -2.04. The maximum absolute atomic E-state index is 10.4. The Labute approximate surface area is 116 Å². The largest absolute Gasteiger partial charge is 0.493 e. The lowest BCUT2D eigenvalue weighted by atomic mass is 10.2. The first-order valence-electron chi connectivity index (χ1n) is 6.13. The van der Waals surface area contributed by atoms with Gasteiger partial charge < -0.3 is 9.84 Å². The molecule has 1 aromatic heterocycles. The minimum Gasteiger partial charge on any atom is -0.493 e. The highest BCUT2D eigenvalue weighted by Crippen LogP contribution is 2.15. The summed E-state index contributed by atoms with van der Waals surface area (Å²) >= 11 is 0. The molecule has 0 bridgehead atoms. The molecule has 0 fully saturated rings. The fraction of sp³-hybridized carbons (Fsp3) is 0.133. The van der Waals surface area contributed by atoms with Gasteiger partial charge in [-0.15, -0.1) is 0 Å². The van der Waals surface area contributed by atoms with Crippen LogP contribution in [-0.4, -0.2) is 27.7 Å². The number of carbonyl (C=O) groups is 1. The summed E-state index contributed by atoms with van der Waals surface area (Å²) in [6.07, 6.45) is 6.94. The Hall–Kier alpha value is -2.69. The maximum Gasteiger partial charge on any atom is 0.306 e. The predicted molar refractivity (Wildman–Crippen MR) is 75.1 cm³/mol. The zero-order chi connectivity index (χ0) is 14.2.